The van der Waals surface area contributed by atoms with Crippen LogP contribution in [0.4, 0.5) is 15.3 Å². The quantitative estimate of drug-likeness (QED) is 0.0535. The van der Waals surface area contributed by atoms with Gasteiger partial charge >= 0.3 is 12.3 Å². The smallest absolute Gasteiger partial charge is 0.434 e. The lowest BCUT2D eigenvalue weighted by molar-refractivity contribution is -0.385. The van der Waals surface area contributed by atoms with Crippen molar-refractivity contribution in [3.63, 3.8) is 0 Å². The minimum atomic E-state index is -1.06. The second-order valence-electron chi connectivity index (χ2n) is 12.1. The maximum Gasteiger partial charge on any atom is 0.513 e. The van der Waals surface area contributed by atoms with E-state index < -0.39 is 23.2 Å². The molecule has 0 amide bonds. The summed E-state index contributed by atoms with van der Waals surface area (Å²) in [5, 5.41) is 15.0. The second-order valence-corrected chi connectivity index (χ2v) is 12.1. The van der Waals surface area contributed by atoms with Gasteiger partial charge in [-0.2, -0.15) is 0 Å². The molecule has 1 heterocycles. The van der Waals surface area contributed by atoms with Gasteiger partial charge in [0, 0.05) is 11.6 Å². The van der Waals surface area contributed by atoms with Gasteiger partial charge in [-0.15, -0.1) is 0 Å². The molecule has 1 aliphatic heterocycles. The molecule has 0 aromatic heterocycles. The third kappa shape index (κ3) is 14.3. The van der Waals surface area contributed by atoms with Gasteiger partial charge in [0.1, 0.15) is 17.4 Å². The van der Waals surface area contributed by atoms with Crippen LogP contribution in [-0.4, -0.2) is 30.4 Å². The van der Waals surface area contributed by atoms with Crippen LogP contribution in [0, 0.1) is 10.1 Å². The molecule has 0 bridgehead atoms. The summed E-state index contributed by atoms with van der Waals surface area (Å²) in [6.45, 7) is 8.13. The van der Waals surface area contributed by atoms with Gasteiger partial charge in [0.2, 0.25) is 0 Å². The molecule has 1 N–H and O–H groups in total. The highest BCUT2D eigenvalue weighted by Crippen LogP contribution is 2.42. The predicted molar refractivity (Wildman–Crippen MR) is 179 cm³/mol. The number of nitro benzene ring substituents is 1. The van der Waals surface area contributed by atoms with Crippen LogP contribution < -0.4 is 5.32 Å². The summed E-state index contributed by atoms with van der Waals surface area (Å²) in [7, 11) is 0. The number of rotatable bonds is 23. The van der Waals surface area contributed by atoms with Gasteiger partial charge in [0.15, 0.2) is 0 Å². The Morgan fingerprint density at radius 2 is 1.07 bits per heavy atom. The molecular formula is C36H56N2O8. The van der Waals surface area contributed by atoms with Gasteiger partial charge in [-0.05, 0) is 26.7 Å². The Labute approximate surface area is 275 Å². The number of carbonyl (C=O) groups excluding carboxylic acids is 2. The fraction of sp³-hybridized carbons (Fsp3) is 0.667. The van der Waals surface area contributed by atoms with Crippen molar-refractivity contribution in [2.75, 3.05) is 13.2 Å². The van der Waals surface area contributed by atoms with Crippen molar-refractivity contribution in [3.05, 3.63) is 62.9 Å². The van der Waals surface area contributed by atoms with Crippen LogP contribution >= 0.6 is 0 Å². The molecule has 1 atom stereocenters. The number of nitro groups is 1. The summed E-state index contributed by atoms with van der Waals surface area (Å²) in [5.41, 5.74) is 0.891. The summed E-state index contributed by atoms with van der Waals surface area (Å²) in [6.07, 6.45) is 17.4. The minimum absolute atomic E-state index is 0.0552. The summed E-state index contributed by atoms with van der Waals surface area (Å²) < 4.78 is 22.0. The molecule has 2 rings (SSSR count). The van der Waals surface area contributed by atoms with Crippen molar-refractivity contribution in [2.24, 2.45) is 0 Å². The molecule has 10 heteroatoms. The Kier molecular flexibility index (Phi) is 19.2. The number of carbonyl (C=O) groups is 2. The minimum Gasteiger partial charge on any atom is -0.434 e. The normalized spacial score (nSPS) is 14.6. The molecule has 0 spiro atoms. The summed E-state index contributed by atoms with van der Waals surface area (Å²) in [4.78, 5) is 37.0. The molecule has 1 aromatic rings. The van der Waals surface area contributed by atoms with Gasteiger partial charge in [0.05, 0.1) is 29.5 Å². The number of nitrogens with zero attached hydrogens (tertiary/aromatic N) is 1. The lowest BCUT2D eigenvalue weighted by Crippen LogP contribution is -2.29. The molecule has 1 aromatic carbocycles. The SMILES string of the molecule is CCCCCCCCCCCCCCOC(=O)OC1=C(C)NC(C)=C(OC(=O)OCCCCCCC)C1c1ccccc1[N+](=O)[O-]. The Morgan fingerprint density at radius 3 is 1.48 bits per heavy atom. The van der Waals surface area contributed by atoms with E-state index in [-0.39, 0.29) is 36.0 Å². The highest BCUT2D eigenvalue weighted by molar-refractivity contribution is 5.66. The first-order valence-corrected chi connectivity index (χ1v) is 17.4. The summed E-state index contributed by atoms with van der Waals surface area (Å²) in [6, 6.07) is 6.10. The molecular weight excluding hydrogens is 588 g/mol. The number of hydrogen-bond acceptors (Lipinski definition) is 9. The molecule has 0 saturated carbocycles. The topological polar surface area (TPSA) is 126 Å². The van der Waals surface area contributed by atoms with Crippen LogP contribution in [-0.2, 0) is 18.9 Å². The van der Waals surface area contributed by atoms with Crippen molar-refractivity contribution in [1.29, 1.82) is 0 Å². The zero-order valence-electron chi connectivity index (χ0n) is 28.5. The van der Waals surface area contributed by atoms with Crippen LogP contribution in [0.5, 0.6) is 0 Å². The molecule has 258 valence electrons. The fourth-order valence-electron chi connectivity index (χ4n) is 5.61. The lowest BCUT2D eigenvalue weighted by atomic mass is 9.89. The van der Waals surface area contributed by atoms with E-state index in [2.05, 4.69) is 19.2 Å². The Morgan fingerprint density at radius 1 is 0.674 bits per heavy atom. The summed E-state index contributed by atoms with van der Waals surface area (Å²) >= 11 is 0. The maximum atomic E-state index is 12.8. The molecule has 10 nitrogen and oxygen atoms in total. The van der Waals surface area contributed by atoms with Crippen molar-refractivity contribution in [1.82, 2.24) is 5.32 Å². The molecule has 1 unspecified atom stereocenters. The number of para-hydroxylation sites is 1. The van der Waals surface area contributed by atoms with E-state index in [1.807, 2.05) is 0 Å². The van der Waals surface area contributed by atoms with Gasteiger partial charge in [0.25, 0.3) is 5.69 Å². The van der Waals surface area contributed by atoms with Crippen molar-refractivity contribution >= 4 is 18.0 Å². The van der Waals surface area contributed by atoms with Crippen molar-refractivity contribution < 1.29 is 33.5 Å². The zero-order valence-corrected chi connectivity index (χ0v) is 28.5. The van der Waals surface area contributed by atoms with Crippen LogP contribution in [0.15, 0.2) is 47.2 Å². The van der Waals surface area contributed by atoms with E-state index in [1.54, 1.807) is 32.0 Å². The zero-order chi connectivity index (χ0) is 33.6. The average Bonchev–Trinajstić information content (AvgIpc) is 3.03. The van der Waals surface area contributed by atoms with E-state index >= 15 is 0 Å². The molecule has 0 aliphatic carbocycles. The molecule has 0 saturated heterocycles. The first kappa shape index (κ1) is 38.6. The van der Waals surface area contributed by atoms with Gasteiger partial charge in [-0.3, -0.25) is 10.1 Å². The van der Waals surface area contributed by atoms with E-state index in [4.69, 9.17) is 18.9 Å². The number of benzene rings is 1. The highest BCUT2D eigenvalue weighted by atomic mass is 16.7. The number of allylic oxidation sites excluding steroid dienone is 2. The fourth-order valence-corrected chi connectivity index (χ4v) is 5.61. The Hall–Kier alpha value is -3.56. The number of dihydropyridines is 1. The van der Waals surface area contributed by atoms with Crippen LogP contribution in [0.25, 0.3) is 0 Å². The Bertz CT molecular complexity index is 1150. The van der Waals surface area contributed by atoms with Crippen LogP contribution in [0.3, 0.4) is 0 Å². The lowest BCUT2D eigenvalue weighted by Gasteiger charge is -2.30. The van der Waals surface area contributed by atoms with Gasteiger partial charge < -0.3 is 24.3 Å². The van der Waals surface area contributed by atoms with Crippen LogP contribution in [0.1, 0.15) is 148 Å². The summed E-state index contributed by atoms with van der Waals surface area (Å²) in [5.74, 6) is -0.944. The first-order chi connectivity index (χ1) is 22.3. The van der Waals surface area contributed by atoms with Crippen molar-refractivity contribution in [3.8, 4) is 0 Å². The molecule has 46 heavy (non-hydrogen) atoms. The number of unbranched alkanes of at least 4 members (excludes halogenated alkanes) is 15. The van der Waals surface area contributed by atoms with E-state index in [0.717, 1.165) is 38.5 Å². The number of ether oxygens (including phenoxy) is 4. The monoisotopic (exact) mass is 644 g/mol. The molecule has 0 fully saturated rings. The van der Waals surface area contributed by atoms with Gasteiger partial charge in [-0.1, -0.05) is 128 Å². The van der Waals surface area contributed by atoms with E-state index in [0.29, 0.717) is 24.2 Å². The number of hydrogen-bond donors (Lipinski definition) is 1. The molecule has 1 aliphatic rings. The molecule has 0 radical (unpaired) electrons. The predicted octanol–water partition coefficient (Wildman–Crippen LogP) is 10.7. The average molecular weight is 645 g/mol. The Balaban J connectivity index is 1.97. The van der Waals surface area contributed by atoms with E-state index in [9.17, 15) is 19.7 Å². The van der Waals surface area contributed by atoms with Crippen molar-refractivity contribution in [2.45, 2.75) is 143 Å². The first-order valence-electron chi connectivity index (χ1n) is 17.4. The maximum absolute atomic E-state index is 12.8. The van der Waals surface area contributed by atoms with Gasteiger partial charge in [-0.25, -0.2) is 9.59 Å². The van der Waals surface area contributed by atoms with Crippen LogP contribution in [0.2, 0.25) is 0 Å². The number of nitrogens with one attached hydrogen (secondary N) is 1. The third-order valence-electron chi connectivity index (χ3n) is 8.16. The largest absolute Gasteiger partial charge is 0.513 e. The third-order valence-corrected chi connectivity index (χ3v) is 8.16. The second kappa shape index (κ2) is 22.9. The highest BCUT2D eigenvalue weighted by Gasteiger charge is 2.39. The standard InChI is InChI=1S/C36H56N2O8/c1-5-7-9-11-12-13-14-15-16-17-19-23-27-44-36(40)46-34-29(4)37-28(3)33(45-35(39)43-26-22-18-10-8-6-2)32(34)30-24-20-21-25-31(30)38(41)42/h20-21,24-25,32,37H,5-19,22-23,26-27H2,1-4H3. The van der Waals surface area contributed by atoms with E-state index in [1.165, 1.54) is 63.9 Å².